The summed E-state index contributed by atoms with van der Waals surface area (Å²) in [7, 11) is 3.95. The number of aryl methyl sites for hydroxylation is 1. The molecule has 0 bridgehead atoms. The first-order chi connectivity index (χ1) is 19.1. The number of hydrogen-bond donors (Lipinski definition) is 2. The number of rotatable bonds is 9. The van der Waals surface area contributed by atoms with Crippen LogP contribution in [0, 0.1) is 24.4 Å². The van der Waals surface area contributed by atoms with E-state index in [0.29, 0.717) is 23.8 Å². The van der Waals surface area contributed by atoms with E-state index in [9.17, 15) is 18.0 Å². The molecule has 214 valence electrons. The minimum absolute atomic E-state index is 0.0374. The van der Waals surface area contributed by atoms with Crippen molar-refractivity contribution in [2.45, 2.75) is 45.2 Å². The summed E-state index contributed by atoms with van der Waals surface area (Å²) in [5, 5.41) is 5.95. The van der Waals surface area contributed by atoms with Crippen LogP contribution in [0.1, 0.15) is 42.4 Å². The summed E-state index contributed by atoms with van der Waals surface area (Å²) in [6.45, 7) is 7.48. The smallest absolute Gasteiger partial charge is 0.319 e. The summed E-state index contributed by atoms with van der Waals surface area (Å²) in [5.74, 6) is -2.97. The second kappa shape index (κ2) is 13.2. The lowest BCUT2D eigenvalue weighted by atomic mass is 9.86. The second-order valence-corrected chi connectivity index (χ2v) is 10.8. The molecule has 40 heavy (non-hydrogen) atoms. The third-order valence-corrected chi connectivity index (χ3v) is 7.11. The van der Waals surface area contributed by atoms with Crippen LogP contribution in [-0.2, 0) is 6.54 Å². The van der Waals surface area contributed by atoms with Crippen LogP contribution in [-0.4, -0.2) is 55.6 Å². The fourth-order valence-corrected chi connectivity index (χ4v) is 5.18. The first kappa shape index (κ1) is 29.4. The Morgan fingerprint density at radius 2 is 1.68 bits per heavy atom. The third-order valence-electron chi connectivity index (χ3n) is 7.11. The molecule has 3 aromatic carbocycles. The molecule has 1 aliphatic rings. The number of likely N-dealkylation sites (tertiary alicyclic amines) is 1. The van der Waals surface area contributed by atoms with Gasteiger partial charge in [-0.1, -0.05) is 18.2 Å². The zero-order chi connectivity index (χ0) is 28.8. The van der Waals surface area contributed by atoms with Crippen LogP contribution >= 0.6 is 0 Å². The zero-order valence-corrected chi connectivity index (χ0v) is 23.4. The molecule has 1 fully saturated rings. The van der Waals surface area contributed by atoms with Gasteiger partial charge in [-0.3, -0.25) is 4.90 Å². The van der Waals surface area contributed by atoms with Gasteiger partial charge in [0.05, 0.1) is 0 Å². The largest absolute Gasteiger partial charge is 0.454 e. The van der Waals surface area contributed by atoms with Gasteiger partial charge in [0.2, 0.25) is 0 Å². The summed E-state index contributed by atoms with van der Waals surface area (Å²) >= 11 is 0. The Morgan fingerprint density at radius 3 is 2.35 bits per heavy atom. The average Bonchev–Trinajstić information content (AvgIpc) is 2.89. The van der Waals surface area contributed by atoms with Crippen molar-refractivity contribution in [1.29, 1.82) is 0 Å². The number of nitrogens with one attached hydrogen (secondary N) is 2. The predicted molar refractivity (Wildman–Crippen MR) is 151 cm³/mol. The maximum Gasteiger partial charge on any atom is 0.319 e. The highest BCUT2D eigenvalue weighted by Crippen LogP contribution is 2.33. The fourth-order valence-electron chi connectivity index (χ4n) is 5.18. The number of urea groups is 1. The van der Waals surface area contributed by atoms with Crippen molar-refractivity contribution in [3.63, 3.8) is 0 Å². The quantitative estimate of drug-likeness (QED) is 0.291. The van der Waals surface area contributed by atoms with Crippen LogP contribution in [0.25, 0.3) is 0 Å². The molecule has 1 unspecified atom stereocenters. The van der Waals surface area contributed by atoms with E-state index >= 15 is 0 Å². The molecular weight excluding hydrogens is 517 g/mol. The normalized spacial score (nSPS) is 15.2. The van der Waals surface area contributed by atoms with Gasteiger partial charge in [-0.2, -0.15) is 0 Å². The van der Waals surface area contributed by atoms with Crippen LogP contribution in [0.3, 0.4) is 0 Å². The highest BCUT2D eigenvalue weighted by Gasteiger charge is 2.23. The zero-order valence-electron chi connectivity index (χ0n) is 23.4. The number of piperidine rings is 1. The van der Waals surface area contributed by atoms with Gasteiger partial charge in [-0.15, -0.1) is 0 Å². The van der Waals surface area contributed by atoms with Crippen molar-refractivity contribution in [3.05, 3.63) is 88.7 Å². The standard InChI is InChI=1S/C31H37F3N4O2/c1-20-5-8-24(36-31(39)35-21(2)18-37(3)4)15-26(20)23-11-13-38(14-12-23)19-22-6-9-25(10-7-22)40-30-17-28(33)27(32)16-29(30)34/h5-10,15-17,21,23H,11-14,18-19H2,1-4H3,(H2,35,36,39). The minimum Gasteiger partial charge on any atom is -0.454 e. The van der Waals surface area contributed by atoms with Gasteiger partial charge < -0.3 is 20.3 Å². The molecule has 0 aromatic heterocycles. The van der Waals surface area contributed by atoms with Gasteiger partial charge in [-0.05, 0) is 101 Å². The predicted octanol–water partition coefficient (Wildman–Crippen LogP) is 6.66. The van der Waals surface area contributed by atoms with Gasteiger partial charge in [0, 0.05) is 37.0 Å². The van der Waals surface area contributed by atoms with E-state index in [-0.39, 0.29) is 17.8 Å². The summed E-state index contributed by atoms with van der Waals surface area (Å²) < 4.78 is 45.9. The minimum atomic E-state index is -1.25. The lowest BCUT2D eigenvalue weighted by Gasteiger charge is -2.33. The van der Waals surface area contributed by atoms with Crippen molar-refractivity contribution in [2.75, 3.05) is 39.0 Å². The number of carbonyl (C=O) groups excluding carboxylic acids is 1. The van der Waals surface area contributed by atoms with Crippen LogP contribution in [0.5, 0.6) is 11.5 Å². The Hall–Kier alpha value is -3.56. The van der Waals surface area contributed by atoms with E-state index in [1.807, 2.05) is 44.1 Å². The molecule has 6 nitrogen and oxygen atoms in total. The molecule has 4 rings (SSSR count). The van der Waals surface area contributed by atoms with Crippen molar-refractivity contribution in [2.24, 2.45) is 0 Å². The number of benzene rings is 3. The number of hydrogen-bond acceptors (Lipinski definition) is 4. The van der Waals surface area contributed by atoms with E-state index in [4.69, 9.17) is 4.74 Å². The lowest BCUT2D eigenvalue weighted by Crippen LogP contribution is -2.41. The number of likely N-dealkylation sites (N-methyl/N-ethyl adjacent to an activating group) is 1. The van der Waals surface area contributed by atoms with Crippen LogP contribution < -0.4 is 15.4 Å². The van der Waals surface area contributed by atoms with Crippen molar-refractivity contribution in [1.82, 2.24) is 15.1 Å². The molecule has 1 heterocycles. The first-order valence-corrected chi connectivity index (χ1v) is 13.5. The molecule has 0 radical (unpaired) electrons. The van der Waals surface area contributed by atoms with Gasteiger partial charge in [0.25, 0.3) is 0 Å². The summed E-state index contributed by atoms with van der Waals surface area (Å²) in [6, 6.07) is 14.3. The van der Waals surface area contributed by atoms with Gasteiger partial charge in [-0.25, -0.2) is 18.0 Å². The van der Waals surface area contributed by atoms with Gasteiger partial charge in [0.15, 0.2) is 23.2 Å². The number of anilines is 1. The highest BCUT2D eigenvalue weighted by atomic mass is 19.2. The summed E-state index contributed by atoms with van der Waals surface area (Å²) in [6.07, 6.45) is 2.01. The fraction of sp³-hybridized carbons (Fsp3) is 0.387. The molecule has 1 saturated heterocycles. The molecule has 3 aromatic rings. The van der Waals surface area contributed by atoms with Gasteiger partial charge in [0.1, 0.15) is 5.75 Å². The Morgan fingerprint density at radius 1 is 1.00 bits per heavy atom. The second-order valence-electron chi connectivity index (χ2n) is 10.8. The van der Waals surface area contributed by atoms with Crippen LogP contribution in [0.4, 0.5) is 23.7 Å². The van der Waals surface area contributed by atoms with Gasteiger partial charge >= 0.3 is 6.03 Å². The van der Waals surface area contributed by atoms with Crippen molar-refractivity contribution >= 4 is 11.7 Å². The molecule has 0 aliphatic carbocycles. The molecule has 1 atom stereocenters. The topological polar surface area (TPSA) is 56.8 Å². The van der Waals surface area contributed by atoms with Crippen molar-refractivity contribution < 1.29 is 22.7 Å². The molecule has 0 saturated carbocycles. The van der Waals surface area contributed by atoms with E-state index < -0.39 is 17.5 Å². The maximum atomic E-state index is 13.9. The Balaban J connectivity index is 1.29. The summed E-state index contributed by atoms with van der Waals surface area (Å²) in [4.78, 5) is 16.9. The average molecular weight is 555 g/mol. The molecule has 2 amide bonds. The Kier molecular flexibility index (Phi) is 9.71. The number of nitrogens with zero attached hydrogens (tertiary/aromatic N) is 2. The van der Waals surface area contributed by atoms with Crippen molar-refractivity contribution in [3.8, 4) is 11.5 Å². The third kappa shape index (κ3) is 7.99. The first-order valence-electron chi connectivity index (χ1n) is 13.5. The highest BCUT2D eigenvalue weighted by molar-refractivity contribution is 5.89. The lowest BCUT2D eigenvalue weighted by molar-refractivity contribution is 0.204. The monoisotopic (exact) mass is 554 g/mol. The van der Waals surface area contributed by atoms with Crippen LogP contribution in [0.15, 0.2) is 54.6 Å². The van der Waals surface area contributed by atoms with Crippen LogP contribution in [0.2, 0.25) is 0 Å². The molecule has 1 aliphatic heterocycles. The molecular formula is C31H37F3N4O2. The van der Waals surface area contributed by atoms with E-state index in [2.05, 4.69) is 34.6 Å². The molecule has 0 spiro atoms. The number of ether oxygens (including phenoxy) is 1. The van der Waals surface area contributed by atoms with E-state index in [1.54, 1.807) is 12.1 Å². The molecule has 2 N–H and O–H groups in total. The SMILES string of the molecule is Cc1ccc(NC(=O)NC(C)CN(C)C)cc1C1CCN(Cc2ccc(Oc3cc(F)c(F)cc3F)cc2)CC1. The van der Waals surface area contributed by atoms with E-state index in [1.165, 1.54) is 11.1 Å². The summed E-state index contributed by atoms with van der Waals surface area (Å²) in [5.41, 5.74) is 4.36. The number of amides is 2. The number of carbonyl (C=O) groups is 1. The molecule has 9 heteroatoms. The maximum absolute atomic E-state index is 13.9. The number of halogens is 3. The Labute approximate surface area is 234 Å². The Bertz CT molecular complexity index is 1310. The van der Waals surface area contributed by atoms with E-state index in [0.717, 1.165) is 50.3 Å².